The van der Waals surface area contributed by atoms with E-state index in [0.717, 1.165) is 6.54 Å². The molecule has 3 N–H and O–H groups in total. The second-order valence-corrected chi connectivity index (χ2v) is 3.55. The molecule has 0 aliphatic rings. The summed E-state index contributed by atoms with van der Waals surface area (Å²) in [6.07, 6.45) is 1.51. The first-order chi connectivity index (χ1) is 6.63. The third kappa shape index (κ3) is 2.63. The van der Waals surface area contributed by atoms with Crippen molar-refractivity contribution in [1.82, 2.24) is 4.98 Å². The van der Waals surface area contributed by atoms with Crippen LogP contribution >= 0.6 is 0 Å². The lowest BCUT2D eigenvalue weighted by Gasteiger charge is -2.09. The fourth-order valence-electron chi connectivity index (χ4n) is 0.991. The zero-order valence-corrected chi connectivity index (χ0v) is 8.41. The number of hydrogen-bond donors (Lipinski definition) is 2. The maximum absolute atomic E-state index is 8.61. The molecule has 1 aromatic heterocycles. The summed E-state index contributed by atoms with van der Waals surface area (Å²) >= 11 is 0. The van der Waals surface area contributed by atoms with E-state index in [1.54, 1.807) is 6.07 Å². The number of aromatic nitrogens is 1. The monoisotopic (exact) mass is 190 g/mol. The molecule has 0 saturated carbocycles. The number of nitrogens with two attached hydrogens (primary N) is 1. The van der Waals surface area contributed by atoms with Gasteiger partial charge in [-0.2, -0.15) is 5.26 Å². The van der Waals surface area contributed by atoms with Crippen LogP contribution in [0.3, 0.4) is 0 Å². The molecule has 0 atom stereocenters. The summed E-state index contributed by atoms with van der Waals surface area (Å²) in [5.74, 6) is 1.18. The Hall–Kier alpha value is -1.76. The van der Waals surface area contributed by atoms with Crippen molar-refractivity contribution in [3.63, 3.8) is 0 Å². The van der Waals surface area contributed by atoms with Gasteiger partial charge in [-0.1, -0.05) is 13.8 Å². The molecule has 0 radical (unpaired) electrons. The van der Waals surface area contributed by atoms with E-state index in [2.05, 4.69) is 24.1 Å². The minimum absolute atomic E-state index is 0.484. The number of anilines is 2. The van der Waals surface area contributed by atoms with Gasteiger partial charge >= 0.3 is 0 Å². The number of hydrogen-bond acceptors (Lipinski definition) is 4. The van der Waals surface area contributed by atoms with E-state index in [-0.39, 0.29) is 0 Å². The van der Waals surface area contributed by atoms with Gasteiger partial charge in [0.2, 0.25) is 0 Å². The molecule has 74 valence electrons. The van der Waals surface area contributed by atoms with Gasteiger partial charge in [0.15, 0.2) is 0 Å². The van der Waals surface area contributed by atoms with Gasteiger partial charge in [-0.3, -0.25) is 0 Å². The van der Waals surface area contributed by atoms with Gasteiger partial charge in [0.1, 0.15) is 11.9 Å². The lowest BCUT2D eigenvalue weighted by molar-refractivity contribution is 0.687. The fourth-order valence-corrected chi connectivity index (χ4v) is 0.991. The van der Waals surface area contributed by atoms with Gasteiger partial charge in [-0.25, -0.2) is 4.98 Å². The number of nitriles is 1. The van der Waals surface area contributed by atoms with Crippen LogP contribution in [-0.4, -0.2) is 11.5 Å². The third-order valence-corrected chi connectivity index (χ3v) is 1.72. The number of nitrogen functional groups attached to an aromatic ring is 1. The molecule has 0 aliphatic heterocycles. The minimum Gasteiger partial charge on any atom is -0.396 e. The van der Waals surface area contributed by atoms with E-state index in [0.29, 0.717) is 23.0 Å². The Balaban J connectivity index is 2.75. The average molecular weight is 190 g/mol. The van der Waals surface area contributed by atoms with Crippen LogP contribution in [0.15, 0.2) is 12.3 Å². The van der Waals surface area contributed by atoms with Gasteiger partial charge in [0, 0.05) is 12.7 Å². The van der Waals surface area contributed by atoms with Gasteiger partial charge < -0.3 is 11.1 Å². The molecule has 4 nitrogen and oxygen atoms in total. The van der Waals surface area contributed by atoms with Crippen molar-refractivity contribution in [2.24, 2.45) is 5.92 Å². The molecule has 0 fully saturated rings. The quantitative estimate of drug-likeness (QED) is 0.759. The van der Waals surface area contributed by atoms with Crippen molar-refractivity contribution in [3.05, 3.63) is 17.8 Å². The Bertz CT molecular complexity index is 352. The van der Waals surface area contributed by atoms with E-state index >= 15 is 0 Å². The lowest BCUT2D eigenvalue weighted by Crippen LogP contribution is -2.10. The van der Waals surface area contributed by atoms with Crippen molar-refractivity contribution in [1.29, 1.82) is 5.26 Å². The molecule has 0 unspecified atom stereocenters. The molecule has 1 rings (SSSR count). The highest BCUT2D eigenvalue weighted by Crippen LogP contribution is 2.15. The zero-order valence-electron chi connectivity index (χ0n) is 8.41. The van der Waals surface area contributed by atoms with Crippen molar-refractivity contribution in [3.8, 4) is 6.07 Å². The van der Waals surface area contributed by atoms with E-state index in [4.69, 9.17) is 11.0 Å². The lowest BCUT2D eigenvalue weighted by atomic mass is 10.2. The van der Waals surface area contributed by atoms with Crippen LogP contribution in [0.1, 0.15) is 19.4 Å². The predicted molar refractivity (Wildman–Crippen MR) is 56.7 cm³/mol. The van der Waals surface area contributed by atoms with Gasteiger partial charge in [-0.15, -0.1) is 0 Å². The minimum atomic E-state index is 0.484. The Morgan fingerprint density at radius 2 is 2.36 bits per heavy atom. The standard InChI is InChI=1S/C10H14N4/c1-7(2)5-13-10-9(12)3-8(4-11)6-14-10/h3,6-7H,5,12H2,1-2H3,(H,13,14). The highest BCUT2D eigenvalue weighted by Gasteiger charge is 2.02. The highest BCUT2D eigenvalue weighted by molar-refractivity contribution is 5.62. The van der Waals surface area contributed by atoms with Crippen LogP contribution in [0, 0.1) is 17.2 Å². The SMILES string of the molecule is CC(C)CNc1ncc(C#N)cc1N. The van der Waals surface area contributed by atoms with Crippen molar-refractivity contribution >= 4 is 11.5 Å². The predicted octanol–water partition coefficient (Wildman–Crippen LogP) is 1.60. The Kier molecular flexibility index (Phi) is 3.29. The number of nitrogens with zero attached hydrogens (tertiary/aromatic N) is 2. The van der Waals surface area contributed by atoms with E-state index < -0.39 is 0 Å². The van der Waals surface area contributed by atoms with Crippen LogP contribution in [0.5, 0.6) is 0 Å². The van der Waals surface area contributed by atoms with Crippen LogP contribution in [0.2, 0.25) is 0 Å². The highest BCUT2D eigenvalue weighted by atomic mass is 15.0. The largest absolute Gasteiger partial charge is 0.396 e. The molecule has 4 heteroatoms. The Labute approximate surface area is 83.8 Å². The fraction of sp³-hybridized carbons (Fsp3) is 0.400. The summed E-state index contributed by atoms with van der Waals surface area (Å²) in [6.45, 7) is 5.03. The molecule has 0 saturated heterocycles. The van der Waals surface area contributed by atoms with Crippen LogP contribution < -0.4 is 11.1 Å². The van der Waals surface area contributed by atoms with Crippen LogP contribution in [0.25, 0.3) is 0 Å². The Morgan fingerprint density at radius 3 is 2.86 bits per heavy atom. The summed E-state index contributed by atoms with van der Waals surface area (Å²) in [4.78, 5) is 4.06. The van der Waals surface area contributed by atoms with E-state index in [1.165, 1.54) is 6.20 Å². The average Bonchev–Trinajstić information content (AvgIpc) is 2.15. The molecule has 14 heavy (non-hydrogen) atoms. The smallest absolute Gasteiger partial charge is 0.149 e. The summed E-state index contributed by atoms with van der Waals surface area (Å²) in [5.41, 5.74) is 6.71. The molecular formula is C10H14N4. The van der Waals surface area contributed by atoms with Crippen LogP contribution in [0.4, 0.5) is 11.5 Å². The molecule has 0 aromatic carbocycles. The first kappa shape index (κ1) is 10.3. The summed E-state index contributed by atoms with van der Waals surface area (Å²) in [6, 6.07) is 3.61. The molecular weight excluding hydrogens is 176 g/mol. The van der Waals surface area contributed by atoms with Crippen molar-refractivity contribution < 1.29 is 0 Å². The number of rotatable bonds is 3. The zero-order chi connectivity index (χ0) is 10.6. The van der Waals surface area contributed by atoms with Crippen molar-refractivity contribution in [2.75, 3.05) is 17.6 Å². The maximum Gasteiger partial charge on any atom is 0.149 e. The summed E-state index contributed by atoms with van der Waals surface area (Å²) in [5, 5.41) is 11.7. The van der Waals surface area contributed by atoms with E-state index in [1.807, 2.05) is 6.07 Å². The molecule has 1 aromatic rings. The third-order valence-electron chi connectivity index (χ3n) is 1.72. The van der Waals surface area contributed by atoms with Crippen molar-refractivity contribution in [2.45, 2.75) is 13.8 Å². The second kappa shape index (κ2) is 4.47. The van der Waals surface area contributed by atoms with Gasteiger partial charge in [-0.05, 0) is 12.0 Å². The normalized spacial score (nSPS) is 9.86. The topological polar surface area (TPSA) is 74.7 Å². The number of pyridine rings is 1. The first-order valence-corrected chi connectivity index (χ1v) is 4.53. The second-order valence-electron chi connectivity index (χ2n) is 3.55. The van der Waals surface area contributed by atoms with Gasteiger partial charge in [0.05, 0.1) is 11.3 Å². The van der Waals surface area contributed by atoms with Gasteiger partial charge in [0.25, 0.3) is 0 Å². The molecule has 1 heterocycles. The first-order valence-electron chi connectivity index (χ1n) is 4.53. The maximum atomic E-state index is 8.61. The Morgan fingerprint density at radius 1 is 1.64 bits per heavy atom. The summed E-state index contributed by atoms with van der Waals surface area (Å²) < 4.78 is 0. The van der Waals surface area contributed by atoms with E-state index in [9.17, 15) is 0 Å². The summed E-state index contributed by atoms with van der Waals surface area (Å²) in [7, 11) is 0. The molecule has 0 amide bonds. The number of nitrogens with one attached hydrogen (secondary N) is 1. The molecule has 0 spiro atoms. The molecule has 0 aliphatic carbocycles. The van der Waals surface area contributed by atoms with Crippen LogP contribution in [-0.2, 0) is 0 Å². The molecule has 0 bridgehead atoms.